The number of nitrogens with zero attached hydrogens (tertiary/aromatic N) is 1. The molecule has 0 aliphatic carbocycles. The Balaban J connectivity index is 1.45. The molecule has 2 aromatic carbocycles. The molecule has 3 rings (SSSR count). The van der Waals surface area contributed by atoms with Gasteiger partial charge in [0.25, 0.3) is 5.91 Å². The van der Waals surface area contributed by atoms with Crippen molar-refractivity contribution in [1.29, 1.82) is 0 Å². The lowest BCUT2D eigenvalue weighted by atomic mass is 10.1. The third kappa shape index (κ3) is 5.54. The molecule has 6 heteroatoms. The maximum atomic E-state index is 12.8. The molecule has 1 aliphatic rings. The summed E-state index contributed by atoms with van der Waals surface area (Å²) in [5, 5.41) is 2.84. The van der Waals surface area contributed by atoms with E-state index in [1.807, 2.05) is 18.2 Å². The average Bonchev–Trinajstić information content (AvgIpc) is 2.67. The SMILES string of the molecule is O=C(NCCOc1ccc(F)cc1)c1cccc(CN2CCOCC2)c1. The molecule has 1 amide bonds. The first-order valence-electron chi connectivity index (χ1n) is 8.76. The third-order valence-corrected chi connectivity index (χ3v) is 4.17. The van der Waals surface area contributed by atoms with Crippen LogP contribution >= 0.6 is 0 Å². The van der Waals surface area contributed by atoms with Crippen molar-refractivity contribution in [3.05, 3.63) is 65.5 Å². The van der Waals surface area contributed by atoms with Gasteiger partial charge in [0.1, 0.15) is 18.2 Å². The molecule has 0 saturated carbocycles. The number of morpholine rings is 1. The number of ether oxygens (including phenoxy) is 2. The highest BCUT2D eigenvalue weighted by Gasteiger charge is 2.12. The second-order valence-electron chi connectivity index (χ2n) is 6.15. The van der Waals surface area contributed by atoms with Crippen molar-refractivity contribution in [1.82, 2.24) is 10.2 Å². The lowest BCUT2D eigenvalue weighted by molar-refractivity contribution is 0.0342. The Hall–Kier alpha value is -2.44. The lowest BCUT2D eigenvalue weighted by Gasteiger charge is -2.26. The number of hydrogen-bond donors (Lipinski definition) is 1. The number of rotatable bonds is 7. The summed E-state index contributed by atoms with van der Waals surface area (Å²) in [4.78, 5) is 14.6. The summed E-state index contributed by atoms with van der Waals surface area (Å²) >= 11 is 0. The topological polar surface area (TPSA) is 50.8 Å². The lowest BCUT2D eigenvalue weighted by Crippen LogP contribution is -2.35. The fourth-order valence-electron chi connectivity index (χ4n) is 2.79. The normalized spacial score (nSPS) is 14.8. The van der Waals surface area contributed by atoms with Crippen molar-refractivity contribution < 1.29 is 18.7 Å². The highest BCUT2D eigenvalue weighted by molar-refractivity contribution is 5.94. The van der Waals surface area contributed by atoms with E-state index in [4.69, 9.17) is 9.47 Å². The summed E-state index contributed by atoms with van der Waals surface area (Å²) in [5.41, 5.74) is 1.75. The Labute approximate surface area is 152 Å². The molecule has 0 aromatic heterocycles. The number of carbonyl (C=O) groups is 1. The van der Waals surface area contributed by atoms with Crippen LogP contribution < -0.4 is 10.1 Å². The molecule has 1 aliphatic heterocycles. The summed E-state index contributed by atoms with van der Waals surface area (Å²) < 4.78 is 23.7. The van der Waals surface area contributed by atoms with Gasteiger partial charge in [-0.1, -0.05) is 12.1 Å². The quantitative estimate of drug-likeness (QED) is 0.773. The van der Waals surface area contributed by atoms with Crippen LogP contribution in [-0.2, 0) is 11.3 Å². The molecule has 0 spiro atoms. The minimum atomic E-state index is -0.303. The summed E-state index contributed by atoms with van der Waals surface area (Å²) in [6.07, 6.45) is 0. The monoisotopic (exact) mass is 358 g/mol. The first kappa shape index (κ1) is 18.4. The second-order valence-corrected chi connectivity index (χ2v) is 6.15. The van der Waals surface area contributed by atoms with Crippen molar-refractivity contribution in [3.63, 3.8) is 0 Å². The van der Waals surface area contributed by atoms with Crippen molar-refractivity contribution in [2.75, 3.05) is 39.5 Å². The van der Waals surface area contributed by atoms with Gasteiger partial charge in [0, 0.05) is 25.2 Å². The Kier molecular flexibility index (Phi) is 6.57. The molecule has 0 radical (unpaired) electrons. The smallest absolute Gasteiger partial charge is 0.251 e. The average molecular weight is 358 g/mol. The third-order valence-electron chi connectivity index (χ3n) is 4.17. The predicted octanol–water partition coefficient (Wildman–Crippen LogP) is 2.47. The van der Waals surface area contributed by atoms with Gasteiger partial charge in [0.15, 0.2) is 0 Å². The van der Waals surface area contributed by atoms with E-state index in [9.17, 15) is 9.18 Å². The molecule has 1 saturated heterocycles. The molecular weight excluding hydrogens is 335 g/mol. The number of hydrogen-bond acceptors (Lipinski definition) is 4. The van der Waals surface area contributed by atoms with Gasteiger partial charge in [0.05, 0.1) is 19.8 Å². The number of nitrogens with one attached hydrogen (secondary N) is 1. The van der Waals surface area contributed by atoms with Crippen molar-refractivity contribution >= 4 is 5.91 Å². The van der Waals surface area contributed by atoms with E-state index >= 15 is 0 Å². The molecule has 1 N–H and O–H groups in total. The minimum Gasteiger partial charge on any atom is -0.492 e. The number of carbonyl (C=O) groups excluding carboxylic acids is 1. The Morgan fingerprint density at radius 2 is 1.92 bits per heavy atom. The molecule has 0 atom stereocenters. The van der Waals surface area contributed by atoms with Gasteiger partial charge in [0.2, 0.25) is 0 Å². The van der Waals surface area contributed by atoms with Crippen molar-refractivity contribution in [3.8, 4) is 5.75 Å². The van der Waals surface area contributed by atoms with Crippen LogP contribution in [0.4, 0.5) is 4.39 Å². The zero-order valence-electron chi connectivity index (χ0n) is 14.6. The molecule has 0 unspecified atom stereocenters. The van der Waals surface area contributed by atoms with Gasteiger partial charge in [-0.25, -0.2) is 4.39 Å². The number of benzene rings is 2. The van der Waals surface area contributed by atoms with Crippen LogP contribution in [-0.4, -0.2) is 50.3 Å². The summed E-state index contributed by atoms with van der Waals surface area (Å²) in [5.74, 6) is 0.146. The maximum Gasteiger partial charge on any atom is 0.251 e. The Morgan fingerprint density at radius 1 is 1.15 bits per heavy atom. The van der Waals surface area contributed by atoms with Crippen LogP contribution in [0.1, 0.15) is 15.9 Å². The maximum absolute atomic E-state index is 12.8. The molecule has 5 nitrogen and oxygen atoms in total. The molecule has 1 heterocycles. The van der Waals surface area contributed by atoms with E-state index in [-0.39, 0.29) is 11.7 Å². The second kappa shape index (κ2) is 9.31. The van der Waals surface area contributed by atoms with Gasteiger partial charge >= 0.3 is 0 Å². The predicted molar refractivity (Wildman–Crippen MR) is 96.8 cm³/mol. The van der Waals surface area contributed by atoms with Gasteiger partial charge in [-0.05, 0) is 42.0 Å². The minimum absolute atomic E-state index is 0.128. The fourth-order valence-corrected chi connectivity index (χ4v) is 2.79. The van der Waals surface area contributed by atoms with Crippen LogP contribution in [0, 0.1) is 5.82 Å². The van der Waals surface area contributed by atoms with Crippen molar-refractivity contribution in [2.45, 2.75) is 6.54 Å². The van der Waals surface area contributed by atoms with Gasteiger partial charge < -0.3 is 14.8 Å². The molecule has 1 fully saturated rings. The molecular formula is C20H23FN2O3. The van der Waals surface area contributed by atoms with E-state index in [2.05, 4.69) is 10.2 Å². The van der Waals surface area contributed by atoms with Crippen LogP contribution in [0.5, 0.6) is 5.75 Å². The Morgan fingerprint density at radius 3 is 2.69 bits per heavy atom. The van der Waals surface area contributed by atoms with Crippen molar-refractivity contribution in [2.24, 2.45) is 0 Å². The van der Waals surface area contributed by atoms with Gasteiger partial charge in [-0.2, -0.15) is 0 Å². The highest BCUT2D eigenvalue weighted by Crippen LogP contribution is 2.11. The van der Waals surface area contributed by atoms with Gasteiger partial charge in [-0.15, -0.1) is 0 Å². The zero-order chi connectivity index (χ0) is 18.2. The van der Waals surface area contributed by atoms with Crippen LogP contribution in [0.25, 0.3) is 0 Å². The first-order valence-corrected chi connectivity index (χ1v) is 8.76. The zero-order valence-corrected chi connectivity index (χ0v) is 14.6. The Bertz CT molecular complexity index is 715. The molecule has 26 heavy (non-hydrogen) atoms. The van der Waals surface area contributed by atoms with Crippen LogP contribution in [0.3, 0.4) is 0 Å². The largest absolute Gasteiger partial charge is 0.492 e. The number of halogens is 1. The first-order chi connectivity index (χ1) is 12.7. The van der Waals surface area contributed by atoms with E-state index in [1.165, 1.54) is 12.1 Å². The van der Waals surface area contributed by atoms with E-state index in [1.54, 1.807) is 18.2 Å². The van der Waals surface area contributed by atoms with E-state index < -0.39 is 0 Å². The highest BCUT2D eigenvalue weighted by atomic mass is 19.1. The molecule has 138 valence electrons. The fraction of sp³-hybridized carbons (Fsp3) is 0.350. The standard InChI is InChI=1S/C20H23FN2O3/c21-18-4-6-19(7-5-18)26-11-8-22-20(24)17-3-1-2-16(14-17)15-23-9-12-25-13-10-23/h1-7,14H,8-13,15H2,(H,22,24). The number of amides is 1. The van der Waals surface area contributed by atoms with Gasteiger partial charge in [-0.3, -0.25) is 9.69 Å². The molecule has 0 bridgehead atoms. The molecule has 2 aromatic rings. The summed E-state index contributed by atoms with van der Waals surface area (Å²) in [6.45, 7) is 4.86. The van der Waals surface area contributed by atoms with Crippen LogP contribution in [0.2, 0.25) is 0 Å². The van der Waals surface area contributed by atoms with E-state index in [0.29, 0.717) is 24.5 Å². The summed E-state index contributed by atoms with van der Waals surface area (Å²) in [6, 6.07) is 13.5. The van der Waals surface area contributed by atoms with Crippen LogP contribution in [0.15, 0.2) is 48.5 Å². The summed E-state index contributed by atoms with van der Waals surface area (Å²) in [7, 11) is 0. The van der Waals surface area contributed by atoms with E-state index in [0.717, 1.165) is 38.4 Å².